The van der Waals surface area contributed by atoms with E-state index in [1.165, 1.54) is 12.8 Å². The number of nitrogens with zero attached hydrogens (tertiary/aromatic N) is 1. The summed E-state index contributed by atoms with van der Waals surface area (Å²) in [5.74, 6) is 0.633. The Balaban J connectivity index is 1.79. The van der Waals surface area contributed by atoms with Gasteiger partial charge in [-0.25, -0.2) is 0 Å². The summed E-state index contributed by atoms with van der Waals surface area (Å²) in [6, 6.07) is 8.89. The van der Waals surface area contributed by atoms with Crippen molar-refractivity contribution < 1.29 is 9.53 Å². The number of amides is 1. The van der Waals surface area contributed by atoms with Crippen molar-refractivity contribution in [1.29, 1.82) is 5.26 Å². The Morgan fingerprint density at radius 1 is 1.58 bits per heavy atom. The van der Waals surface area contributed by atoms with Gasteiger partial charge in [-0.3, -0.25) is 4.79 Å². The Kier molecular flexibility index (Phi) is 4.53. The van der Waals surface area contributed by atoms with E-state index in [9.17, 15) is 4.79 Å². The Bertz CT molecular complexity index is 489. The highest BCUT2D eigenvalue weighted by atomic mass is 16.5. The maximum absolute atomic E-state index is 11.9. The molecule has 1 aliphatic carbocycles. The number of hydrogen-bond donors (Lipinski definition) is 1. The van der Waals surface area contributed by atoms with Gasteiger partial charge in [0.15, 0.2) is 0 Å². The van der Waals surface area contributed by atoms with E-state index < -0.39 is 6.10 Å². The van der Waals surface area contributed by atoms with Crippen LogP contribution in [0, 0.1) is 17.2 Å². The molecule has 0 radical (unpaired) electrons. The lowest BCUT2D eigenvalue weighted by Gasteiger charge is -2.13. The maximum atomic E-state index is 11.9. The molecule has 1 fully saturated rings. The summed E-state index contributed by atoms with van der Waals surface area (Å²) >= 11 is 0. The first-order chi connectivity index (χ1) is 9.19. The summed E-state index contributed by atoms with van der Waals surface area (Å²) in [6.45, 7) is 2.38. The quantitative estimate of drug-likeness (QED) is 0.853. The molecule has 1 aliphatic rings. The highest BCUT2D eigenvalue weighted by Gasteiger charge is 2.21. The van der Waals surface area contributed by atoms with Gasteiger partial charge in [0.05, 0.1) is 11.6 Å². The molecule has 0 spiro atoms. The van der Waals surface area contributed by atoms with Crippen LogP contribution in [0.4, 0.5) is 5.69 Å². The second-order valence-electron chi connectivity index (χ2n) is 4.93. The zero-order valence-electron chi connectivity index (χ0n) is 11.1. The highest BCUT2D eigenvalue weighted by molar-refractivity contribution is 5.94. The van der Waals surface area contributed by atoms with Gasteiger partial charge >= 0.3 is 0 Å². The van der Waals surface area contributed by atoms with Crippen molar-refractivity contribution in [2.45, 2.75) is 32.3 Å². The fraction of sp³-hybridized carbons (Fsp3) is 0.467. The van der Waals surface area contributed by atoms with Gasteiger partial charge in [0, 0.05) is 12.3 Å². The Morgan fingerprint density at radius 2 is 2.37 bits per heavy atom. The fourth-order valence-electron chi connectivity index (χ4n) is 1.80. The Labute approximate surface area is 113 Å². The van der Waals surface area contributed by atoms with Crippen LogP contribution in [0.3, 0.4) is 0 Å². The van der Waals surface area contributed by atoms with E-state index in [4.69, 9.17) is 10.00 Å². The van der Waals surface area contributed by atoms with Gasteiger partial charge < -0.3 is 10.1 Å². The molecule has 0 aliphatic heterocycles. The van der Waals surface area contributed by atoms with Gasteiger partial charge in [0.2, 0.25) is 0 Å². The number of carbonyl (C=O) groups is 1. The van der Waals surface area contributed by atoms with Gasteiger partial charge in [-0.15, -0.1) is 0 Å². The molecule has 100 valence electrons. The Morgan fingerprint density at radius 3 is 3.05 bits per heavy atom. The first-order valence-corrected chi connectivity index (χ1v) is 6.61. The standard InChI is InChI=1S/C15H18N2O2/c1-11(19-8-7-12-5-6-12)15(18)17-14-4-2-3-13(9-14)10-16/h2-4,9,11-12H,5-8H2,1H3,(H,17,18). The van der Waals surface area contributed by atoms with E-state index in [2.05, 4.69) is 5.32 Å². The SMILES string of the molecule is CC(OCCC1CC1)C(=O)Nc1cccc(C#N)c1. The third-order valence-electron chi connectivity index (χ3n) is 3.22. The minimum absolute atomic E-state index is 0.175. The van der Waals surface area contributed by atoms with Gasteiger partial charge in [-0.05, 0) is 37.5 Å². The van der Waals surface area contributed by atoms with Gasteiger partial charge in [0.1, 0.15) is 6.10 Å². The lowest BCUT2D eigenvalue weighted by Crippen LogP contribution is -2.28. The average molecular weight is 258 g/mol. The van der Waals surface area contributed by atoms with E-state index in [0.717, 1.165) is 12.3 Å². The van der Waals surface area contributed by atoms with E-state index >= 15 is 0 Å². The van der Waals surface area contributed by atoms with Crippen molar-refractivity contribution in [2.75, 3.05) is 11.9 Å². The molecule has 1 aromatic rings. The number of rotatable bonds is 6. The van der Waals surface area contributed by atoms with Crippen LogP contribution in [0.1, 0.15) is 31.7 Å². The zero-order valence-corrected chi connectivity index (χ0v) is 11.1. The molecule has 1 atom stereocenters. The highest BCUT2D eigenvalue weighted by Crippen LogP contribution is 2.32. The monoisotopic (exact) mass is 258 g/mol. The average Bonchev–Trinajstić information content (AvgIpc) is 3.23. The van der Waals surface area contributed by atoms with Gasteiger partial charge in [-0.2, -0.15) is 5.26 Å². The molecule has 0 saturated heterocycles. The summed E-state index contributed by atoms with van der Waals surface area (Å²) in [5.41, 5.74) is 1.15. The first kappa shape index (κ1) is 13.6. The summed E-state index contributed by atoms with van der Waals surface area (Å²) in [5, 5.41) is 11.5. The predicted octanol–water partition coefficient (Wildman–Crippen LogP) is 2.70. The van der Waals surface area contributed by atoms with Crippen LogP contribution in [0.5, 0.6) is 0 Å². The van der Waals surface area contributed by atoms with Crippen molar-refractivity contribution in [1.82, 2.24) is 0 Å². The van der Waals surface area contributed by atoms with Gasteiger partial charge in [-0.1, -0.05) is 18.9 Å². The molecule has 2 rings (SSSR count). The van der Waals surface area contributed by atoms with Crippen molar-refractivity contribution in [3.8, 4) is 6.07 Å². The first-order valence-electron chi connectivity index (χ1n) is 6.61. The van der Waals surface area contributed by atoms with E-state index in [1.54, 1.807) is 31.2 Å². The number of anilines is 1. The molecule has 4 nitrogen and oxygen atoms in total. The second-order valence-corrected chi connectivity index (χ2v) is 4.93. The number of hydrogen-bond acceptors (Lipinski definition) is 3. The molecule has 0 heterocycles. The summed E-state index contributed by atoms with van der Waals surface area (Å²) in [7, 11) is 0. The molecular formula is C15H18N2O2. The third-order valence-corrected chi connectivity index (χ3v) is 3.22. The second kappa shape index (κ2) is 6.35. The van der Waals surface area contributed by atoms with Crippen LogP contribution in [0.15, 0.2) is 24.3 Å². The number of nitrogens with one attached hydrogen (secondary N) is 1. The number of benzene rings is 1. The van der Waals surface area contributed by atoms with E-state index in [0.29, 0.717) is 17.9 Å². The topological polar surface area (TPSA) is 62.1 Å². The van der Waals surface area contributed by atoms with E-state index in [-0.39, 0.29) is 5.91 Å². The largest absolute Gasteiger partial charge is 0.369 e. The zero-order chi connectivity index (χ0) is 13.7. The Hall–Kier alpha value is -1.86. The van der Waals surface area contributed by atoms with Crippen molar-refractivity contribution in [3.63, 3.8) is 0 Å². The number of carbonyl (C=O) groups excluding carboxylic acids is 1. The molecule has 1 amide bonds. The summed E-state index contributed by atoms with van der Waals surface area (Å²) < 4.78 is 5.51. The van der Waals surface area contributed by atoms with Crippen LogP contribution in [0.25, 0.3) is 0 Å². The smallest absolute Gasteiger partial charge is 0.253 e. The normalized spacial score (nSPS) is 15.6. The van der Waals surface area contributed by atoms with Crippen LogP contribution < -0.4 is 5.32 Å². The van der Waals surface area contributed by atoms with Crippen molar-refractivity contribution in [3.05, 3.63) is 29.8 Å². The van der Waals surface area contributed by atoms with Crippen LogP contribution >= 0.6 is 0 Å². The van der Waals surface area contributed by atoms with Crippen LogP contribution in [-0.4, -0.2) is 18.6 Å². The lowest BCUT2D eigenvalue weighted by atomic mass is 10.2. The van der Waals surface area contributed by atoms with E-state index in [1.807, 2.05) is 6.07 Å². The molecule has 1 aromatic carbocycles. The predicted molar refractivity (Wildman–Crippen MR) is 72.5 cm³/mol. The third kappa shape index (κ3) is 4.38. The minimum atomic E-state index is -0.468. The molecular weight excluding hydrogens is 240 g/mol. The lowest BCUT2D eigenvalue weighted by molar-refractivity contribution is -0.126. The van der Waals surface area contributed by atoms with Gasteiger partial charge in [0.25, 0.3) is 5.91 Å². The molecule has 0 bridgehead atoms. The van der Waals surface area contributed by atoms with Crippen LogP contribution in [-0.2, 0) is 9.53 Å². The molecule has 1 N–H and O–H groups in total. The number of nitriles is 1. The number of ether oxygens (including phenoxy) is 1. The molecule has 1 unspecified atom stereocenters. The van der Waals surface area contributed by atoms with Crippen molar-refractivity contribution >= 4 is 11.6 Å². The molecule has 1 saturated carbocycles. The van der Waals surface area contributed by atoms with Crippen molar-refractivity contribution in [2.24, 2.45) is 5.92 Å². The van der Waals surface area contributed by atoms with Crippen LogP contribution in [0.2, 0.25) is 0 Å². The molecule has 4 heteroatoms. The summed E-state index contributed by atoms with van der Waals surface area (Å²) in [4.78, 5) is 11.9. The fourth-order valence-corrected chi connectivity index (χ4v) is 1.80. The molecule has 19 heavy (non-hydrogen) atoms. The summed E-state index contributed by atoms with van der Waals surface area (Å²) in [6.07, 6.45) is 3.17. The minimum Gasteiger partial charge on any atom is -0.369 e. The molecule has 0 aromatic heterocycles. The maximum Gasteiger partial charge on any atom is 0.253 e.